The van der Waals surface area contributed by atoms with Crippen LogP contribution in [0.3, 0.4) is 0 Å². The van der Waals surface area contributed by atoms with Gasteiger partial charge in [0.05, 0.1) is 5.56 Å². The van der Waals surface area contributed by atoms with E-state index in [1.54, 1.807) is 36.4 Å². The largest absolute Gasteiger partial charge is 0.452 e. The quantitative estimate of drug-likeness (QED) is 0.614. The minimum absolute atomic E-state index is 0.242. The summed E-state index contributed by atoms with van der Waals surface area (Å²) in [6.45, 7) is 4.93. The second-order valence-corrected chi connectivity index (χ2v) is 5.47. The van der Waals surface area contributed by atoms with Crippen molar-refractivity contribution in [3.8, 4) is 0 Å². The Morgan fingerprint density at radius 1 is 1.12 bits per heavy atom. The molecule has 26 heavy (non-hydrogen) atoms. The summed E-state index contributed by atoms with van der Waals surface area (Å²) in [5.74, 6) is -1.24. The van der Waals surface area contributed by atoms with E-state index in [4.69, 9.17) is 4.74 Å². The van der Waals surface area contributed by atoms with Crippen molar-refractivity contribution in [2.24, 2.45) is 0 Å². The number of amides is 2. The third-order valence-electron chi connectivity index (χ3n) is 3.43. The van der Waals surface area contributed by atoms with E-state index in [9.17, 15) is 14.4 Å². The fraction of sp³-hybridized carbons (Fsp3) is 0.150. The van der Waals surface area contributed by atoms with Crippen LogP contribution in [0.2, 0.25) is 0 Å². The smallest absolute Gasteiger partial charge is 0.338 e. The summed E-state index contributed by atoms with van der Waals surface area (Å²) in [5, 5.41) is 2.59. The topological polar surface area (TPSA) is 75.7 Å². The molecule has 0 saturated carbocycles. The predicted octanol–water partition coefficient (Wildman–Crippen LogP) is 3.02. The molecule has 2 aromatic carbocycles. The van der Waals surface area contributed by atoms with Crippen molar-refractivity contribution in [2.45, 2.75) is 6.92 Å². The third-order valence-corrected chi connectivity index (χ3v) is 3.43. The van der Waals surface area contributed by atoms with E-state index in [1.165, 1.54) is 17.9 Å². The van der Waals surface area contributed by atoms with Crippen LogP contribution >= 0.6 is 0 Å². The number of hydrogen-bond donors (Lipinski definition) is 1. The average molecular weight is 352 g/mol. The molecule has 0 saturated heterocycles. The first kappa shape index (κ1) is 18.9. The van der Waals surface area contributed by atoms with Gasteiger partial charge in [0.2, 0.25) is 5.91 Å². The van der Waals surface area contributed by atoms with Gasteiger partial charge in [-0.15, -0.1) is 6.58 Å². The van der Waals surface area contributed by atoms with Crippen LogP contribution in [0.25, 0.3) is 0 Å². The molecule has 2 amide bonds. The fourth-order valence-electron chi connectivity index (χ4n) is 2.30. The standard InChI is InChI=1S/C20H20N2O4/c1-3-12-22(18-10-5-4-6-11-18)19(24)14-26-20(25)16-8-7-9-17(13-16)21-15(2)23/h3-11,13H,1,12,14H2,2H3,(H,21,23). The number of ether oxygens (including phenoxy) is 1. The van der Waals surface area contributed by atoms with Crippen LogP contribution in [0.5, 0.6) is 0 Å². The summed E-state index contributed by atoms with van der Waals surface area (Å²) in [6.07, 6.45) is 1.60. The van der Waals surface area contributed by atoms with Gasteiger partial charge in [-0.05, 0) is 30.3 Å². The van der Waals surface area contributed by atoms with E-state index in [2.05, 4.69) is 11.9 Å². The highest BCUT2D eigenvalue weighted by Gasteiger charge is 2.17. The maximum absolute atomic E-state index is 12.4. The van der Waals surface area contributed by atoms with Crippen LogP contribution in [0, 0.1) is 0 Å². The Labute approximate surface area is 152 Å². The Morgan fingerprint density at radius 2 is 1.85 bits per heavy atom. The Hall–Kier alpha value is -3.41. The maximum atomic E-state index is 12.4. The summed E-state index contributed by atoms with van der Waals surface area (Å²) in [6, 6.07) is 15.4. The Morgan fingerprint density at radius 3 is 2.50 bits per heavy atom. The van der Waals surface area contributed by atoms with Crippen LogP contribution < -0.4 is 10.2 Å². The number of nitrogens with zero attached hydrogens (tertiary/aromatic N) is 1. The van der Waals surface area contributed by atoms with Crippen LogP contribution in [-0.2, 0) is 14.3 Å². The Kier molecular flexibility index (Phi) is 6.68. The normalized spacial score (nSPS) is 9.88. The lowest BCUT2D eigenvalue weighted by atomic mass is 10.2. The molecular formula is C20H20N2O4. The third kappa shape index (κ3) is 5.31. The predicted molar refractivity (Wildman–Crippen MR) is 100 cm³/mol. The van der Waals surface area contributed by atoms with Crippen molar-refractivity contribution in [2.75, 3.05) is 23.4 Å². The lowest BCUT2D eigenvalue weighted by Crippen LogP contribution is -2.34. The molecule has 0 radical (unpaired) electrons. The molecule has 0 atom stereocenters. The zero-order chi connectivity index (χ0) is 18.9. The first-order valence-electron chi connectivity index (χ1n) is 8.02. The molecule has 0 aliphatic carbocycles. The van der Waals surface area contributed by atoms with E-state index < -0.39 is 12.6 Å². The molecule has 0 spiro atoms. The van der Waals surface area contributed by atoms with Crippen molar-refractivity contribution >= 4 is 29.2 Å². The Balaban J connectivity index is 2.02. The molecule has 134 valence electrons. The zero-order valence-electron chi connectivity index (χ0n) is 14.5. The van der Waals surface area contributed by atoms with Crippen LogP contribution in [-0.4, -0.2) is 30.9 Å². The number of nitrogens with one attached hydrogen (secondary N) is 1. The number of benzene rings is 2. The lowest BCUT2D eigenvalue weighted by molar-refractivity contribution is -0.121. The minimum Gasteiger partial charge on any atom is -0.452 e. The molecule has 2 aromatic rings. The monoisotopic (exact) mass is 352 g/mol. The van der Waals surface area contributed by atoms with Gasteiger partial charge in [0.1, 0.15) is 0 Å². The van der Waals surface area contributed by atoms with Gasteiger partial charge in [0.25, 0.3) is 5.91 Å². The van der Waals surface area contributed by atoms with Gasteiger partial charge in [-0.25, -0.2) is 4.79 Å². The lowest BCUT2D eigenvalue weighted by Gasteiger charge is -2.21. The summed E-state index contributed by atoms with van der Waals surface area (Å²) in [7, 11) is 0. The molecule has 0 fully saturated rings. The van der Waals surface area contributed by atoms with Crippen LogP contribution in [0.15, 0.2) is 67.3 Å². The van der Waals surface area contributed by atoms with Crippen LogP contribution in [0.4, 0.5) is 11.4 Å². The number of carbonyl (C=O) groups excluding carboxylic acids is 3. The van der Waals surface area contributed by atoms with Gasteiger partial charge < -0.3 is 15.0 Å². The number of anilines is 2. The number of esters is 1. The molecule has 0 heterocycles. The van der Waals surface area contributed by atoms with Gasteiger partial charge in [-0.1, -0.05) is 30.3 Å². The van der Waals surface area contributed by atoms with Crippen molar-refractivity contribution in [3.05, 3.63) is 72.8 Å². The number of para-hydroxylation sites is 1. The van der Waals surface area contributed by atoms with E-state index in [1.807, 2.05) is 18.2 Å². The molecule has 2 rings (SSSR count). The molecule has 0 unspecified atom stereocenters. The van der Waals surface area contributed by atoms with Gasteiger partial charge in [0, 0.05) is 24.8 Å². The molecule has 0 aromatic heterocycles. The number of carbonyl (C=O) groups is 3. The molecule has 0 aliphatic heterocycles. The molecule has 0 bridgehead atoms. The maximum Gasteiger partial charge on any atom is 0.338 e. The van der Waals surface area contributed by atoms with Crippen LogP contribution in [0.1, 0.15) is 17.3 Å². The first-order chi connectivity index (χ1) is 12.5. The van der Waals surface area contributed by atoms with Gasteiger partial charge in [0.15, 0.2) is 6.61 Å². The zero-order valence-corrected chi connectivity index (χ0v) is 14.5. The molecule has 1 N–H and O–H groups in total. The molecular weight excluding hydrogens is 332 g/mol. The van der Waals surface area contributed by atoms with Crippen molar-refractivity contribution in [1.29, 1.82) is 0 Å². The average Bonchev–Trinajstić information content (AvgIpc) is 2.64. The number of hydrogen-bond acceptors (Lipinski definition) is 4. The first-order valence-corrected chi connectivity index (χ1v) is 8.02. The molecule has 6 heteroatoms. The fourth-order valence-corrected chi connectivity index (χ4v) is 2.30. The van der Waals surface area contributed by atoms with Gasteiger partial charge in [-0.3, -0.25) is 9.59 Å². The van der Waals surface area contributed by atoms with Crippen molar-refractivity contribution in [3.63, 3.8) is 0 Å². The van der Waals surface area contributed by atoms with E-state index in [-0.39, 0.29) is 17.4 Å². The van der Waals surface area contributed by atoms with E-state index >= 15 is 0 Å². The van der Waals surface area contributed by atoms with E-state index in [0.29, 0.717) is 17.9 Å². The molecule has 0 aliphatic rings. The van der Waals surface area contributed by atoms with Gasteiger partial charge >= 0.3 is 5.97 Å². The summed E-state index contributed by atoms with van der Waals surface area (Å²) < 4.78 is 5.12. The number of rotatable bonds is 7. The van der Waals surface area contributed by atoms with Crippen molar-refractivity contribution in [1.82, 2.24) is 0 Å². The van der Waals surface area contributed by atoms with Gasteiger partial charge in [-0.2, -0.15) is 0 Å². The molecule has 6 nitrogen and oxygen atoms in total. The SMILES string of the molecule is C=CCN(C(=O)COC(=O)c1cccc(NC(C)=O)c1)c1ccccc1. The highest BCUT2D eigenvalue weighted by molar-refractivity contribution is 5.98. The summed E-state index contributed by atoms with van der Waals surface area (Å²) in [5.41, 5.74) is 1.43. The summed E-state index contributed by atoms with van der Waals surface area (Å²) in [4.78, 5) is 37.2. The Bertz CT molecular complexity index is 802. The second-order valence-electron chi connectivity index (χ2n) is 5.47. The van der Waals surface area contributed by atoms with E-state index in [0.717, 1.165) is 0 Å². The van der Waals surface area contributed by atoms with Crippen molar-refractivity contribution < 1.29 is 19.1 Å². The summed E-state index contributed by atoms with van der Waals surface area (Å²) >= 11 is 0. The minimum atomic E-state index is -0.642. The second kappa shape index (κ2) is 9.17. The highest BCUT2D eigenvalue weighted by Crippen LogP contribution is 2.15. The highest BCUT2D eigenvalue weighted by atomic mass is 16.5.